The molecule has 0 bridgehead atoms. The van der Waals surface area contributed by atoms with Crippen molar-refractivity contribution >= 4 is 0 Å². The van der Waals surface area contributed by atoms with Gasteiger partial charge in [-0.15, -0.1) is 0 Å². The molecule has 0 radical (unpaired) electrons. The van der Waals surface area contributed by atoms with E-state index < -0.39 is 0 Å². The van der Waals surface area contributed by atoms with Gasteiger partial charge in [0.25, 0.3) is 0 Å². The van der Waals surface area contributed by atoms with Gasteiger partial charge in [-0.1, -0.05) is 6.07 Å². The third-order valence-corrected chi connectivity index (χ3v) is 2.45. The maximum atomic E-state index is 5.83. The number of hydrogen-bond acceptors (Lipinski definition) is 3. The van der Waals surface area contributed by atoms with Crippen molar-refractivity contribution < 1.29 is 9.47 Å². The molecule has 1 rings (SSSR count). The first kappa shape index (κ1) is 14.8. The Morgan fingerprint density at radius 2 is 1.89 bits per heavy atom. The van der Waals surface area contributed by atoms with Gasteiger partial charge in [0.1, 0.15) is 11.5 Å². The van der Waals surface area contributed by atoms with Gasteiger partial charge >= 0.3 is 0 Å². The summed E-state index contributed by atoms with van der Waals surface area (Å²) in [4.78, 5) is 0. The molecule has 1 N–H and O–H groups in total. The zero-order valence-corrected chi connectivity index (χ0v) is 12.3. The molecular formula is C15H25NO2. The number of benzene rings is 1. The molecule has 0 saturated carbocycles. The predicted molar refractivity (Wildman–Crippen MR) is 75.4 cm³/mol. The molecule has 1 aromatic carbocycles. The molecule has 0 atom stereocenters. The average molecular weight is 251 g/mol. The fourth-order valence-electron chi connectivity index (χ4n) is 1.53. The first-order valence-electron chi connectivity index (χ1n) is 6.40. The van der Waals surface area contributed by atoms with Crippen molar-refractivity contribution in [3.8, 4) is 11.5 Å². The zero-order valence-electron chi connectivity index (χ0n) is 12.3. The molecule has 102 valence electrons. The van der Waals surface area contributed by atoms with Crippen LogP contribution >= 0.6 is 0 Å². The van der Waals surface area contributed by atoms with Crippen LogP contribution in [0.3, 0.4) is 0 Å². The highest BCUT2D eigenvalue weighted by molar-refractivity contribution is 5.40. The lowest BCUT2D eigenvalue weighted by molar-refractivity contribution is 0.237. The second kappa shape index (κ2) is 6.10. The van der Waals surface area contributed by atoms with Gasteiger partial charge in [-0.3, -0.25) is 0 Å². The molecule has 0 aliphatic carbocycles. The Morgan fingerprint density at radius 3 is 2.39 bits per heavy atom. The smallest absolute Gasteiger partial charge is 0.127 e. The SMILES string of the molecule is COc1ccc(CNC(C)(C)C)c(OC(C)C)c1. The summed E-state index contributed by atoms with van der Waals surface area (Å²) in [7, 11) is 1.67. The molecule has 1 aromatic rings. The number of methoxy groups -OCH3 is 1. The molecule has 0 saturated heterocycles. The van der Waals surface area contributed by atoms with Crippen LogP contribution in [0.25, 0.3) is 0 Å². The number of hydrogen-bond donors (Lipinski definition) is 1. The summed E-state index contributed by atoms with van der Waals surface area (Å²) < 4.78 is 11.1. The van der Waals surface area contributed by atoms with Gasteiger partial charge in [0.15, 0.2) is 0 Å². The Labute approximate surface area is 110 Å². The maximum Gasteiger partial charge on any atom is 0.127 e. The summed E-state index contributed by atoms with van der Waals surface area (Å²) in [6, 6.07) is 5.96. The van der Waals surface area contributed by atoms with Gasteiger partial charge in [0, 0.05) is 23.7 Å². The molecule has 0 spiro atoms. The van der Waals surface area contributed by atoms with Crippen LogP contribution in [-0.2, 0) is 6.54 Å². The molecule has 0 aliphatic rings. The summed E-state index contributed by atoms with van der Waals surface area (Å²) in [6.45, 7) is 11.3. The Kier molecular flexibility index (Phi) is 5.03. The van der Waals surface area contributed by atoms with Crippen LogP contribution in [0.2, 0.25) is 0 Å². The van der Waals surface area contributed by atoms with Crippen molar-refractivity contribution in [3.63, 3.8) is 0 Å². The van der Waals surface area contributed by atoms with Gasteiger partial charge in [0.2, 0.25) is 0 Å². The second-order valence-electron chi connectivity index (χ2n) is 5.74. The van der Waals surface area contributed by atoms with Crippen LogP contribution in [0.1, 0.15) is 40.2 Å². The molecule has 3 nitrogen and oxygen atoms in total. The lowest BCUT2D eigenvalue weighted by Crippen LogP contribution is -2.35. The van der Waals surface area contributed by atoms with E-state index in [4.69, 9.17) is 9.47 Å². The highest BCUT2D eigenvalue weighted by Crippen LogP contribution is 2.26. The van der Waals surface area contributed by atoms with E-state index in [-0.39, 0.29) is 11.6 Å². The number of rotatable bonds is 5. The van der Waals surface area contributed by atoms with Crippen molar-refractivity contribution in [1.82, 2.24) is 5.32 Å². The van der Waals surface area contributed by atoms with E-state index in [1.54, 1.807) is 7.11 Å². The van der Waals surface area contributed by atoms with Crippen LogP contribution in [-0.4, -0.2) is 18.8 Å². The van der Waals surface area contributed by atoms with E-state index in [2.05, 4.69) is 32.2 Å². The van der Waals surface area contributed by atoms with E-state index in [9.17, 15) is 0 Å². The highest BCUT2D eigenvalue weighted by atomic mass is 16.5. The van der Waals surface area contributed by atoms with E-state index in [1.807, 2.05) is 26.0 Å². The molecule has 0 aliphatic heterocycles. The lowest BCUT2D eigenvalue weighted by Gasteiger charge is -2.22. The first-order valence-corrected chi connectivity index (χ1v) is 6.40. The van der Waals surface area contributed by atoms with E-state index in [0.29, 0.717) is 0 Å². The Bertz CT molecular complexity index is 381. The Balaban J connectivity index is 2.88. The van der Waals surface area contributed by atoms with Crippen molar-refractivity contribution in [2.45, 2.75) is 52.8 Å². The minimum Gasteiger partial charge on any atom is -0.497 e. The van der Waals surface area contributed by atoms with Crippen LogP contribution in [0, 0.1) is 0 Å². The minimum atomic E-state index is 0.0923. The van der Waals surface area contributed by atoms with Crippen LogP contribution < -0.4 is 14.8 Å². The monoisotopic (exact) mass is 251 g/mol. The standard InChI is InChI=1S/C15H25NO2/c1-11(2)18-14-9-13(17-6)8-7-12(14)10-16-15(3,4)5/h7-9,11,16H,10H2,1-6H3. The minimum absolute atomic E-state index is 0.0923. The molecule has 0 aromatic heterocycles. The molecule has 0 unspecified atom stereocenters. The van der Waals surface area contributed by atoms with Crippen molar-refractivity contribution in [1.29, 1.82) is 0 Å². The third-order valence-electron chi connectivity index (χ3n) is 2.45. The molecule has 0 fully saturated rings. The molecule has 18 heavy (non-hydrogen) atoms. The third kappa shape index (κ3) is 4.96. The topological polar surface area (TPSA) is 30.5 Å². The molecule has 0 amide bonds. The van der Waals surface area contributed by atoms with Gasteiger partial charge in [-0.25, -0.2) is 0 Å². The van der Waals surface area contributed by atoms with Crippen molar-refractivity contribution in [3.05, 3.63) is 23.8 Å². The van der Waals surface area contributed by atoms with E-state index in [0.717, 1.165) is 23.6 Å². The predicted octanol–water partition coefficient (Wildman–Crippen LogP) is 3.37. The van der Waals surface area contributed by atoms with Crippen LogP contribution in [0.15, 0.2) is 18.2 Å². The zero-order chi connectivity index (χ0) is 13.8. The largest absolute Gasteiger partial charge is 0.497 e. The maximum absolute atomic E-state index is 5.83. The summed E-state index contributed by atoms with van der Waals surface area (Å²) in [5.74, 6) is 1.71. The lowest BCUT2D eigenvalue weighted by atomic mass is 10.1. The fraction of sp³-hybridized carbons (Fsp3) is 0.600. The second-order valence-corrected chi connectivity index (χ2v) is 5.74. The van der Waals surface area contributed by atoms with Gasteiger partial charge in [-0.2, -0.15) is 0 Å². The first-order chi connectivity index (χ1) is 8.31. The van der Waals surface area contributed by atoms with Gasteiger partial charge < -0.3 is 14.8 Å². The van der Waals surface area contributed by atoms with Crippen LogP contribution in [0.4, 0.5) is 0 Å². The summed E-state index contributed by atoms with van der Waals surface area (Å²) in [5.41, 5.74) is 1.24. The summed E-state index contributed by atoms with van der Waals surface area (Å²) >= 11 is 0. The van der Waals surface area contributed by atoms with Crippen molar-refractivity contribution in [2.75, 3.05) is 7.11 Å². The van der Waals surface area contributed by atoms with Gasteiger partial charge in [-0.05, 0) is 40.7 Å². The fourth-order valence-corrected chi connectivity index (χ4v) is 1.53. The van der Waals surface area contributed by atoms with Gasteiger partial charge in [0.05, 0.1) is 13.2 Å². The molecule has 0 heterocycles. The van der Waals surface area contributed by atoms with Crippen LogP contribution in [0.5, 0.6) is 11.5 Å². The van der Waals surface area contributed by atoms with E-state index in [1.165, 1.54) is 0 Å². The Morgan fingerprint density at radius 1 is 1.22 bits per heavy atom. The normalized spacial score (nSPS) is 11.7. The summed E-state index contributed by atoms with van der Waals surface area (Å²) in [5, 5.41) is 3.47. The molecule has 3 heteroatoms. The summed E-state index contributed by atoms with van der Waals surface area (Å²) in [6.07, 6.45) is 0.158. The molecular weight excluding hydrogens is 226 g/mol. The quantitative estimate of drug-likeness (QED) is 0.870. The highest BCUT2D eigenvalue weighted by Gasteiger charge is 2.12. The van der Waals surface area contributed by atoms with E-state index >= 15 is 0 Å². The number of nitrogens with one attached hydrogen (secondary N) is 1. The van der Waals surface area contributed by atoms with Crippen molar-refractivity contribution in [2.24, 2.45) is 0 Å². The Hall–Kier alpha value is -1.22. The number of ether oxygens (including phenoxy) is 2. The average Bonchev–Trinajstić information content (AvgIpc) is 2.25.